The van der Waals surface area contributed by atoms with Crippen LogP contribution in [0.5, 0.6) is 0 Å². The normalized spacial score (nSPS) is 19.9. The zero-order valence-electron chi connectivity index (χ0n) is 17.3. The molecule has 4 aromatic rings. The maximum absolute atomic E-state index is 14.5. The third kappa shape index (κ3) is 3.03. The largest absolute Gasteiger partial charge is 0.311 e. The van der Waals surface area contributed by atoms with Crippen LogP contribution in [-0.4, -0.2) is 15.0 Å². The second kappa shape index (κ2) is 7.34. The van der Waals surface area contributed by atoms with Gasteiger partial charge in [0.05, 0.1) is 11.2 Å². The van der Waals surface area contributed by atoms with E-state index in [9.17, 15) is 4.39 Å². The van der Waals surface area contributed by atoms with Crippen LogP contribution in [0.3, 0.4) is 0 Å². The number of fused-ring (bicyclic) bond motifs is 1. The van der Waals surface area contributed by atoms with Crippen molar-refractivity contribution in [1.29, 1.82) is 0 Å². The summed E-state index contributed by atoms with van der Waals surface area (Å²) < 4.78 is 14.5. The molecule has 1 aliphatic heterocycles. The minimum atomic E-state index is -0.766. The van der Waals surface area contributed by atoms with Gasteiger partial charge in [-0.05, 0) is 53.8 Å². The fraction of sp³-hybridized carbons (Fsp3) is 0.160. The van der Waals surface area contributed by atoms with Crippen molar-refractivity contribution in [3.63, 3.8) is 0 Å². The van der Waals surface area contributed by atoms with Gasteiger partial charge in [0.1, 0.15) is 18.3 Å². The Kier molecular flexibility index (Phi) is 4.61. The van der Waals surface area contributed by atoms with Crippen LogP contribution in [0.4, 0.5) is 4.39 Å². The standard InChI is InChI=1S/C25H22FN5/c1-15-9-20(10-16(2)22(15)26)25(21-7-4-8-30-23(21)24(27)31-25)19-6-3-5-17(11-19)18-12-28-14-29-13-18/h3-14,24,31H,27H2,1-2H3. The molecule has 2 atom stereocenters. The maximum Gasteiger partial charge on any atom is 0.129 e. The van der Waals surface area contributed by atoms with Gasteiger partial charge in [-0.2, -0.15) is 0 Å². The van der Waals surface area contributed by atoms with Gasteiger partial charge < -0.3 is 5.73 Å². The van der Waals surface area contributed by atoms with Crippen LogP contribution >= 0.6 is 0 Å². The lowest BCUT2D eigenvalue weighted by molar-refractivity contribution is 0.452. The highest BCUT2D eigenvalue weighted by atomic mass is 19.1. The maximum atomic E-state index is 14.5. The second-order valence-corrected chi connectivity index (χ2v) is 7.94. The zero-order valence-corrected chi connectivity index (χ0v) is 17.3. The smallest absolute Gasteiger partial charge is 0.129 e. The Morgan fingerprint density at radius 3 is 2.42 bits per heavy atom. The molecule has 0 radical (unpaired) electrons. The lowest BCUT2D eigenvalue weighted by atomic mass is 9.77. The summed E-state index contributed by atoms with van der Waals surface area (Å²) in [5.41, 5.74) is 12.5. The minimum Gasteiger partial charge on any atom is -0.311 e. The Morgan fingerprint density at radius 1 is 0.935 bits per heavy atom. The number of nitrogens with zero attached hydrogens (tertiary/aromatic N) is 3. The number of nitrogens with one attached hydrogen (secondary N) is 1. The molecule has 3 N–H and O–H groups in total. The number of aromatic nitrogens is 3. The lowest BCUT2D eigenvalue weighted by Crippen LogP contribution is -2.42. The fourth-order valence-corrected chi connectivity index (χ4v) is 4.55. The SMILES string of the molecule is Cc1cc(C2(c3cccc(-c4cncnc4)c3)NC(N)c3ncccc32)cc(C)c1F. The van der Waals surface area contributed by atoms with E-state index in [1.165, 1.54) is 6.33 Å². The number of hydrogen-bond acceptors (Lipinski definition) is 5. The van der Waals surface area contributed by atoms with Crippen LogP contribution in [0.2, 0.25) is 0 Å². The number of benzene rings is 2. The van der Waals surface area contributed by atoms with Crippen molar-refractivity contribution in [2.75, 3.05) is 0 Å². The van der Waals surface area contributed by atoms with Crippen molar-refractivity contribution in [3.05, 3.63) is 113 Å². The quantitative estimate of drug-likeness (QED) is 0.530. The van der Waals surface area contributed by atoms with Crippen molar-refractivity contribution in [3.8, 4) is 11.1 Å². The number of hydrogen-bond donors (Lipinski definition) is 2. The molecular weight excluding hydrogens is 389 g/mol. The molecule has 6 heteroatoms. The summed E-state index contributed by atoms with van der Waals surface area (Å²) in [6.07, 6.45) is 6.38. The van der Waals surface area contributed by atoms with Gasteiger partial charge in [0.2, 0.25) is 0 Å². The van der Waals surface area contributed by atoms with Gasteiger partial charge in [-0.15, -0.1) is 0 Å². The number of pyridine rings is 1. The summed E-state index contributed by atoms with van der Waals surface area (Å²) in [4.78, 5) is 12.8. The van der Waals surface area contributed by atoms with E-state index in [4.69, 9.17) is 5.73 Å². The number of nitrogens with two attached hydrogens (primary N) is 1. The summed E-state index contributed by atoms with van der Waals surface area (Å²) in [6.45, 7) is 3.58. The van der Waals surface area contributed by atoms with Crippen molar-refractivity contribution in [2.24, 2.45) is 5.73 Å². The van der Waals surface area contributed by atoms with Gasteiger partial charge in [0.15, 0.2) is 0 Å². The molecule has 154 valence electrons. The monoisotopic (exact) mass is 411 g/mol. The van der Waals surface area contributed by atoms with Crippen molar-refractivity contribution >= 4 is 0 Å². The van der Waals surface area contributed by atoms with Gasteiger partial charge >= 0.3 is 0 Å². The topological polar surface area (TPSA) is 76.7 Å². The average molecular weight is 411 g/mol. The Morgan fingerprint density at radius 2 is 1.68 bits per heavy atom. The van der Waals surface area contributed by atoms with Crippen molar-refractivity contribution in [2.45, 2.75) is 25.6 Å². The minimum absolute atomic E-state index is 0.192. The van der Waals surface area contributed by atoms with E-state index in [0.29, 0.717) is 11.1 Å². The summed E-state index contributed by atoms with van der Waals surface area (Å²) in [5.74, 6) is -0.192. The Balaban J connectivity index is 1.80. The number of rotatable bonds is 3. The number of aryl methyl sites for hydroxylation is 2. The average Bonchev–Trinajstić information content (AvgIpc) is 3.11. The van der Waals surface area contributed by atoms with E-state index >= 15 is 0 Å². The molecule has 2 aromatic carbocycles. The molecule has 3 heterocycles. The molecular formula is C25H22FN5. The molecule has 0 aliphatic carbocycles. The third-order valence-corrected chi connectivity index (χ3v) is 5.97. The van der Waals surface area contributed by atoms with Crippen LogP contribution < -0.4 is 11.1 Å². The van der Waals surface area contributed by atoms with Gasteiger partial charge in [-0.1, -0.05) is 36.4 Å². The van der Waals surface area contributed by atoms with Crippen LogP contribution in [0.15, 0.2) is 73.4 Å². The van der Waals surface area contributed by atoms with Crippen LogP contribution in [0.1, 0.15) is 39.7 Å². The van der Waals surface area contributed by atoms with E-state index in [2.05, 4.69) is 32.4 Å². The van der Waals surface area contributed by atoms with Crippen molar-refractivity contribution < 1.29 is 4.39 Å². The van der Waals surface area contributed by atoms with Crippen LogP contribution in [0, 0.1) is 19.7 Å². The van der Waals surface area contributed by atoms with E-state index < -0.39 is 11.7 Å². The molecule has 0 bridgehead atoms. The lowest BCUT2D eigenvalue weighted by Gasteiger charge is -2.34. The first kappa shape index (κ1) is 19.5. The summed E-state index contributed by atoms with van der Waals surface area (Å²) >= 11 is 0. The molecule has 0 spiro atoms. The van der Waals surface area contributed by atoms with E-state index in [0.717, 1.165) is 33.5 Å². The van der Waals surface area contributed by atoms with Gasteiger partial charge in [-0.25, -0.2) is 14.4 Å². The summed E-state index contributed by atoms with van der Waals surface area (Å²) in [6, 6.07) is 15.9. The Bertz CT molecular complexity index is 1250. The summed E-state index contributed by atoms with van der Waals surface area (Å²) in [5, 5.41) is 3.58. The molecule has 2 unspecified atom stereocenters. The molecule has 0 amide bonds. The highest BCUT2D eigenvalue weighted by Crippen LogP contribution is 2.45. The number of halogens is 1. The molecule has 0 fully saturated rings. The predicted molar refractivity (Wildman–Crippen MR) is 118 cm³/mol. The molecule has 0 saturated heterocycles. The zero-order chi connectivity index (χ0) is 21.6. The first-order valence-corrected chi connectivity index (χ1v) is 10.1. The van der Waals surface area contributed by atoms with Crippen LogP contribution in [0.25, 0.3) is 11.1 Å². The fourth-order valence-electron chi connectivity index (χ4n) is 4.55. The first-order chi connectivity index (χ1) is 15.0. The van der Waals surface area contributed by atoms with E-state index in [-0.39, 0.29) is 5.82 Å². The molecule has 5 nitrogen and oxygen atoms in total. The van der Waals surface area contributed by atoms with E-state index in [1.54, 1.807) is 32.4 Å². The van der Waals surface area contributed by atoms with Crippen LogP contribution in [-0.2, 0) is 5.54 Å². The van der Waals surface area contributed by atoms with Crippen molar-refractivity contribution in [1.82, 2.24) is 20.3 Å². The second-order valence-electron chi connectivity index (χ2n) is 7.94. The molecule has 5 rings (SSSR count). The highest BCUT2D eigenvalue weighted by Gasteiger charge is 2.46. The molecule has 1 aliphatic rings. The highest BCUT2D eigenvalue weighted by molar-refractivity contribution is 5.65. The van der Waals surface area contributed by atoms with Gasteiger partial charge in [0.25, 0.3) is 0 Å². The first-order valence-electron chi connectivity index (χ1n) is 10.1. The molecule has 0 saturated carbocycles. The predicted octanol–water partition coefficient (Wildman–Crippen LogP) is 4.15. The Labute approximate surface area is 180 Å². The summed E-state index contributed by atoms with van der Waals surface area (Å²) in [7, 11) is 0. The van der Waals surface area contributed by atoms with Gasteiger partial charge in [-0.3, -0.25) is 10.3 Å². The molecule has 2 aromatic heterocycles. The Hall–Kier alpha value is -3.48. The van der Waals surface area contributed by atoms with Gasteiger partial charge in [0, 0.05) is 29.7 Å². The third-order valence-electron chi connectivity index (χ3n) is 5.97. The van der Waals surface area contributed by atoms with E-state index in [1.807, 2.05) is 36.4 Å². The molecule has 31 heavy (non-hydrogen) atoms.